The third kappa shape index (κ3) is 7.80. The Kier molecular flexibility index (Phi) is 9.65. The van der Waals surface area contributed by atoms with Crippen LogP contribution in [0.3, 0.4) is 0 Å². The molecule has 4 N–H and O–H groups in total. The second-order valence-corrected chi connectivity index (χ2v) is 11.4. The van der Waals surface area contributed by atoms with Crippen LogP contribution in [-0.2, 0) is 6.18 Å². The largest absolute Gasteiger partial charge is 0.487 e. The van der Waals surface area contributed by atoms with Crippen LogP contribution >= 0.6 is 0 Å². The van der Waals surface area contributed by atoms with Gasteiger partial charge in [-0.15, -0.1) is 0 Å². The third-order valence-corrected chi connectivity index (χ3v) is 7.82. The summed E-state index contributed by atoms with van der Waals surface area (Å²) in [6.45, 7) is 3.57. The average molecular weight is 658 g/mol. The molecule has 5 rings (SSSR count). The highest BCUT2D eigenvalue weighted by atomic mass is 19.4. The van der Waals surface area contributed by atoms with E-state index >= 15 is 0 Å². The number of aliphatic hydroxyl groups is 1. The SMILES string of the molecule is C[C@@H]1CN([C@H](C)CO)C(=O)c2cc(NC(=O)Nc3ccc4c(c3)OCO4)ccc2O[C@H]1CN(C)C(=O)Nc1ccc(C(F)(F)F)cc1. The average Bonchev–Trinajstić information content (AvgIpc) is 3.50. The number of halogens is 3. The predicted molar refractivity (Wildman–Crippen MR) is 166 cm³/mol. The molecule has 0 bridgehead atoms. The maximum atomic E-state index is 13.7. The Morgan fingerprint density at radius 2 is 1.57 bits per heavy atom. The maximum absolute atomic E-state index is 13.7. The highest BCUT2D eigenvalue weighted by Crippen LogP contribution is 2.35. The van der Waals surface area contributed by atoms with Crippen molar-refractivity contribution >= 4 is 35.0 Å². The number of rotatable bonds is 7. The number of fused-ring (bicyclic) bond motifs is 2. The summed E-state index contributed by atoms with van der Waals surface area (Å²) in [5.74, 6) is 0.542. The quantitative estimate of drug-likeness (QED) is 0.264. The molecule has 12 nitrogen and oxygen atoms in total. The first kappa shape index (κ1) is 33.2. The van der Waals surface area contributed by atoms with Gasteiger partial charge in [-0.05, 0) is 61.5 Å². The van der Waals surface area contributed by atoms with Gasteiger partial charge in [0.05, 0.1) is 30.3 Å². The van der Waals surface area contributed by atoms with Gasteiger partial charge >= 0.3 is 18.2 Å². The first-order valence-electron chi connectivity index (χ1n) is 14.7. The van der Waals surface area contributed by atoms with Gasteiger partial charge in [-0.3, -0.25) is 4.79 Å². The molecule has 0 radical (unpaired) electrons. The maximum Gasteiger partial charge on any atom is 0.416 e. The van der Waals surface area contributed by atoms with Crippen molar-refractivity contribution < 1.29 is 46.9 Å². The Morgan fingerprint density at radius 3 is 2.23 bits per heavy atom. The van der Waals surface area contributed by atoms with Crippen molar-refractivity contribution in [3.63, 3.8) is 0 Å². The fourth-order valence-electron chi connectivity index (χ4n) is 5.10. The number of urea groups is 2. The van der Waals surface area contributed by atoms with Crippen molar-refractivity contribution in [2.24, 2.45) is 5.92 Å². The first-order valence-corrected chi connectivity index (χ1v) is 14.7. The van der Waals surface area contributed by atoms with E-state index < -0.39 is 41.9 Å². The van der Waals surface area contributed by atoms with Crippen LogP contribution in [0.15, 0.2) is 60.7 Å². The molecular formula is C32H34F3N5O7. The highest BCUT2D eigenvalue weighted by Gasteiger charge is 2.34. The predicted octanol–water partition coefficient (Wildman–Crippen LogP) is 5.46. The zero-order valence-corrected chi connectivity index (χ0v) is 25.8. The molecule has 0 unspecified atom stereocenters. The molecule has 250 valence electrons. The van der Waals surface area contributed by atoms with Crippen molar-refractivity contribution in [1.82, 2.24) is 9.80 Å². The van der Waals surface area contributed by atoms with Crippen LogP contribution in [0.25, 0.3) is 0 Å². The van der Waals surface area contributed by atoms with Gasteiger partial charge in [-0.2, -0.15) is 13.2 Å². The van der Waals surface area contributed by atoms with Gasteiger partial charge in [0, 0.05) is 42.6 Å². The van der Waals surface area contributed by atoms with Crippen LogP contribution in [-0.4, -0.2) is 78.6 Å². The number of nitrogens with one attached hydrogen (secondary N) is 3. The monoisotopic (exact) mass is 657 g/mol. The van der Waals surface area contributed by atoms with E-state index in [1.165, 1.54) is 35.0 Å². The van der Waals surface area contributed by atoms with E-state index in [2.05, 4.69) is 16.0 Å². The minimum atomic E-state index is -4.50. The lowest BCUT2D eigenvalue weighted by molar-refractivity contribution is -0.137. The summed E-state index contributed by atoms with van der Waals surface area (Å²) in [6.07, 6.45) is -5.13. The van der Waals surface area contributed by atoms with Crippen LogP contribution < -0.4 is 30.2 Å². The molecule has 3 atom stereocenters. The standard InChI is InChI=1S/C32H34F3N5O7/c1-18-14-40(19(2)16-41)29(42)24-12-22(36-30(43)37-23-9-11-26-27(13-23)46-17-45-26)8-10-25(24)47-28(18)15-39(3)31(44)38-21-6-4-20(5-7-21)32(33,34)35/h4-13,18-19,28,41H,14-17H2,1-3H3,(H,38,44)(H2,36,37,43)/t18-,19-,28+/m1/s1. The van der Waals surface area contributed by atoms with Gasteiger partial charge in [0.2, 0.25) is 6.79 Å². The molecule has 5 amide bonds. The van der Waals surface area contributed by atoms with Crippen molar-refractivity contribution in [2.45, 2.75) is 32.2 Å². The van der Waals surface area contributed by atoms with Crippen LogP contribution in [0.4, 0.5) is 39.8 Å². The number of aliphatic hydroxyl groups excluding tert-OH is 1. The first-order chi connectivity index (χ1) is 22.3. The summed E-state index contributed by atoms with van der Waals surface area (Å²) in [5.41, 5.74) is 0.250. The molecule has 2 aliphatic rings. The molecule has 2 aliphatic heterocycles. The van der Waals surface area contributed by atoms with Gasteiger partial charge in [-0.25, -0.2) is 9.59 Å². The lowest BCUT2D eigenvalue weighted by atomic mass is 9.99. The number of nitrogens with zero attached hydrogens (tertiary/aromatic N) is 2. The molecule has 0 saturated heterocycles. The van der Waals surface area contributed by atoms with Gasteiger partial charge < -0.3 is 45.1 Å². The summed E-state index contributed by atoms with van der Waals surface area (Å²) in [4.78, 5) is 42.3. The lowest BCUT2D eigenvalue weighted by Crippen LogP contribution is -2.50. The Bertz CT molecular complexity index is 1640. The summed E-state index contributed by atoms with van der Waals surface area (Å²) in [6, 6.07) is 11.9. The van der Waals surface area contributed by atoms with Crippen molar-refractivity contribution in [3.05, 3.63) is 71.8 Å². The molecule has 2 heterocycles. The molecule has 0 aliphatic carbocycles. The van der Waals surface area contributed by atoms with E-state index in [9.17, 15) is 32.7 Å². The van der Waals surface area contributed by atoms with E-state index in [-0.39, 0.29) is 49.4 Å². The number of hydrogen-bond donors (Lipinski definition) is 4. The molecule has 0 aromatic heterocycles. The molecule has 0 spiro atoms. The van der Waals surface area contributed by atoms with Crippen molar-refractivity contribution in [3.8, 4) is 17.2 Å². The minimum Gasteiger partial charge on any atom is -0.487 e. The zero-order chi connectivity index (χ0) is 33.9. The molecule has 3 aromatic rings. The van der Waals surface area contributed by atoms with Crippen molar-refractivity contribution in [2.75, 3.05) is 49.5 Å². The van der Waals surface area contributed by atoms with Gasteiger partial charge in [-0.1, -0.05) is 6.92 Å². The number of amides is 5. The van der Waals surface area contributed by atoms with E-state index in [0.29, 0.717) is 22.9 Å². The van der Waals surface area contributed by atoms with E-state index in [0.717, 1.165) is 12.1 Å². The lowest BCUT2D eigenvalue weighted by Gasteiger charge is -2.38. The van der Waals surface area contributed by atoms with Gasteiger partial charge in [0.15, 0.2) is 11.5 Å². The molecule has 0 fully saturated rings. The van der Waals surface area contributed by atoms with Crippen LogP contribution in [0.5, 0.6) is 17.2 Å². The topological polar surface area (TPSA) is 142 Å². The van der Waals surface area contributed by atoms with Gasteiger partial charge in [0.1, 0.15) is 11.9 Å². The second kappa shape index (κ2) is 13.7. The smallest absolute Gasteiger partial charge is 0.416 e. The number of anilines is 3. The van der Waals surface area contributed by atoms with E-state index in [1.54, 1.807) is 37.3 Å². The Balaban J connectivity index is 1.31. The molecule has 3 aromatic carbocycles. The number of ether oxygens (including phenoxy) is 3. The number of carbonyl (C=O) groups is 3. The Morgan fingerprint density at radius 1 is 0.957 bits per heavy atom. The second-order valence-electron chi connectivity index (χ2n) is 11.4. The Hall–Kier alpha value is -5.18. The normalized spacial score (nSPS) is 17.9. The molecule has 47 heavy (non-hydrogen) atoms. The summed E-state index contributed by atoms with van der Waals surface area (Å²) >= 11 is 0. The minimum absolute atomic E-state index is 0.0561. The van der Waals surface area contributed by atoms with Crippen LogP contribution in [0, 0.1) is 5.92 Å². The molecule has 0 saturated carbocycles. The summed E-state index contributed by atoms with van der Waals surface area (Å²) in [7, 11) is 1.51. The number of hydrogen-bond acceptors (Lipinski definition) is 7. The molecule has 15 heteroatoms. The number of benzene rings is 3. The van der Waals surface area contributed by atoms with Gasteiger partial charge in [0.25, 0.3) is 5.91 Å². The summed E-state index contributed by atoms with van der Waals surface area (Å²) in [5, 5.41) is 17.9. The Labute approximate surface area is 268 Å². The number of alkyl halides is 3. The van der Waals surface area contributed by atoms with E-state index in [1.807, 2.05) is 6.92 Å². The van der Waals surface area contributed by atoms with E-state index in [4.69, 9.17) is 14.2 Å². The van der Waals surface area contributed by atoms with Crippen LogP contribution in [0.1, 0.15) is 29.8 Å². The van der Waals surface area contributed by atoms with Crippen LogP contribution in [0.2, 0.25) is 0 Å². The fourth-order valence-corrected chi connectivity index (χ4v) is 5.10. The summed E-state index contributed by atoms with van der Waals surface area (Å²) < 4.78 is 55.7. The number of carbonyl (C=O) groups excluding carboxylic acids is 3. The zero-order valence-electron chi connectivity index (χ0n) is 25.8. The number of likely N-dealkylation sites (N-methyl/N-ethyl adjacent to an activating group) is 1. The third-order valence-electron chi connectivity index (χ3n) is 7.82. The highest BCUT2D eigenvalue weighted by molar-refractivity contribution is 6.02. The fraction of sp³-hybridized carbons (Fsp3) is 0.344. The molecular weight excluding hydrogens is 623 g/mol. The van der Waals surface area contributed by atoms with Crippen molar-refractivity contribution in [1.29, 1.82) is 0 Å².